The molecule has 8 nitrogen and oxygen atoms in total. The maximum atomic E-state index is 12.7. The fraction of sp³-hybridized carbons (Fsp3) is 0.881. The smallest absolute Gasteiger partial charge is 0.387 e. The summed E-state index contributed by atoms with van der Waals surface area (Å²) in [6.45, 7) is 4.09. The van der Waals surface area contributed by atoms with Gasteiger partial charge < -0.3 is 21.1 Å². The van der Waals surface area contributed by atoms with Crippen molar-refractivity contribution in [1.29, 1.82) is 0 Å². The van der Waals surface area contributed by atoms with Gasteiger partial charge in [0.2, 0.25) is 5.91 Å². The van der Waals surface area contributed by atoms with E-state index >= 15 is 0 Å². The van der Waals surface area contributed by atoms with Gasteiger partial charge in [0.25, 0.3) is 0 Å². The number of phosphoric acid groups is 1. The molecule has 1 amide bonds. The average Bonchev–Trinajstić information content (AvgIpc) is 3.12. The summed E-state index contributed by atoms with van der Waals surface area (Å²) in [5.74, 6) is -0.203. The molecule has 0 rings (SSSR count). The summed E-state index contributed by atoms with van der Waals surface area (Å²) < 4.78 is 22.0. The summed E-state index contributed by atoms with van der Waals surface area (Å²) >= 11 is 0. The van der Waals surface area contributed by atoms with E-state index in [1.807, 2.05) is 6.08 Å². The first-order chi connectivity index (χ1) is 24.9. The van der Waals surface area contributed by atoms with E-state index in [0.717, 1.165) is 38.5 Å². The van der Waals surface area contributed by atoms with Crippen molar-refractivity contribution in [3.63, 3.8) is 0 Å². The van der Waals surface area contributed by atoms with Gasteiger partial charge in [0, 0.05) is 13.0 Å². The van der Waals surface area contributed by atoms with Crippen molar-refractivity contribution >= 4 is 13.7 Å². The number of amides is 1. The largest absolute Gasteiger partial charge is 0.472 e. The second kappa shape index (κ2) is 38.7. The van der Waals surface area contributed by atoms with Crippen LogP contribution >= 0.6 is 7.82 Å². The third kappa shape index (κ3) is 37.1. The lowest BCUT2D eigenvalue weighted by Gasteiger charge is -2.23. The quantitative estimate of drug-likeness (QED) is 0.0279. The number of phosphoric ester groups is 1. The molecule has 0 fully saturated rings. The second-order valence-corrected chi connectivity index (χ2v) is 16.0. The first kappa shape index (κ1) is 50.0. The van der Waals surface area contributed by atoms with E-state index < -0.39 is 20.0 Å². The molecule has 3 atom stereocenters. The van der Waals surface area contributed by atoms with Crippen LogP contribution in [0.25, 0.3) is 0 Å². The predicted octanol–water partition coefficient (Wildman–Crippen LogP) is 11.8. The molecule has 0 aliphatic heterocycles. The van der Waals surface area contributed by atoms with E-state index in [1.165, 1.54) is 148 Å². The van der Waals surface area contributed by atoms with Crippen LogP contribution < -0.4 is 11.1 Å². The molecule has 0 aromatic carbocycles. The van der Waals surface area contributed by atoms with Gasteiger partial charge in [-0.1, -0.05) is 192 Å². The van der Waals surface area contributed by atoms with Crippen LogP contribution in [0.15, 0.2) is 24.3 Å². The van der Waals surface area contributed by atoms with E-state index in [1.54, 1.807) is 6.08 Å². The third-order valence-corrected chi connectivity index (χ3v) is 10.5. The van der Waals surface area contributed by atoms with Gasteiger partial charge in [0.05, 0.1) is 25.4 Å². The van der Waals surface area contributed by atoms with Gasteiger partial charge >= 0.3 is 7.82 Å². The Labute approximate surface area is 315 Å². The Morgan fingerprint density at radius 3 is 1.51 bits per heavy atom. The van der Waals surface area contributed by atoms with Gasteiger partial charge in [-0.15, -0.1) is 0 Å². The lowest BCUT2D eigenvalue weighted by molar-refractivity contribution is -0.123. The SMILES string of the molecule is CCCCCC/C=C/CC/C=C/C(O)C(COP(=O)(O)OCCN)NC(=O)CCCCCCCCCCCCCCCCCCCCCCCC. The molecule has 0 spiro atoms. The number of hydrogen-bond acceptors (Lipinski definition) is 6. The van der Waals surface area contributed by atoms with Gasteiger partial charge in [-0.2, -0.15) is 0 Å². The molecule has 9 heteroatoms. The maximum Gasteiger partial charge on any atom is 0.472 e. The molecule has 5 N–H and O–H groups in total. The first-order valence-corrected chi connectivity index (χ1v) is 23.0. The van der Waals surface area contributed by atoms with Gasteiger partial charge in [0.1, 0.15) is 0 Å². The molecular formula is C42H83N2O6P. The standard InChI is InChI=1S/C42H83N2O6P/c1-3-5-7-9-11-13-15-16-17-18-19-20-21-22-23-24-25-26-28-30-32-34-36-42(46)44-40(39-50-51(47,48)49-38-37-43)41(45)35-33-31-29-27-14-12-10-8-6-4-2/h14,27,33,35,40-41,45H,3-13,15-26,28-32,34,36-39,43H2,1-2H3,(H,44,46)(H,47,48)/b27-14+,35-33+. The molecule has 0 saturated carbocycles. The van der Waals surface area contributed by atoms with Crippen LogP contribution in [0.5, 0.6) is 0 Å². The average molecular weight is 743 g/mol. The highest BCUT2D eigenvalue weighted by molar-refractivity contribution is 7.47. The Morgan fingerprint density at radius 1 is 0.627 bits per heavy atom. The summed E-state index contributed by atoms with van der Waals surface area (Å²) in [7, 11) is -4.34. The lowest BCUT2D eigenvalue weighted by Crippen LogP contribution is -2.45. The number of allylic oxidation sites excluding steroid dienone is 3. The Balaban J connectivity index is 4.06. The number of carbonyl (C=O) groups excluding carboxylic acids is 1. The predicted molar refractivity (Wildman–Crippen MR) is 217 cm³/mol. The van der Waals surface area contributed by atoms with Crippen LogP contribution in [0.4, 0.5) is 0 Å². The van der Waals surface area contributed by atoms with Crippen molar-refractivity contribution in [2.24, 2.45) is 5.73 Å². The Kier molecular flexibility index (Phi) is 37.9. The van der Waals surface area contributed by atoms with Crippen LogP contribution in [0, 0.1) is 0 Å². The van der Waals surface area contributed by atoms with Crippen LogP contribution in [-0.2, 0) is 18.4 Å². The van der Waals surface area contributed by atoms with Crippen molar-refractivity contribution in [2.75, 3.05) is 19.8 Å². The minimum atomic E-state index is -4.34. The van der Waals surface area contributed by atoms with Crippen LogP contribution in [0.3, 0.4) is 0 Å². The molecule has 302 valence electrons. The van der Waals surface area contributed by atoms with Gasteiger partial charge in [-0.25, -0.2) is 4.57 Å². The zero-order valence-electron chi connectivity index (χ0n) is 33.4. The summed E-state index contributed by atoms with van der Waals surface area (Å²) in [5.41, 5.74) is 5.36. The van der Waals surface area contributed by atoms with Crippen LogP contribution in [-0.4, -0.2) is 47.8 Å². The molecule has 0 bridgehead atoms. The van der Waals surface area contributed by atoms with E-state index in [9.17, 15) is 19.4 Å². The number of rotatable bonds is 40. The number of unbranched alkanes of at least 4 members (excludes halogenated alkanes) is 26. The third-order valence-electron chi connectivity index (χ3n) is 9.53. The van der Waals surface area contributed by atoms with Gasteiger partial charge in [0.15, 0.2) is 0 Å². The number of nitrogens with two attached hydrogens (primary N) is 1. The number of nitrogens with one attached hydrogen (secondary N) is 1. The molecule has 0 aromatic heterocycles. The van der Waals surface area contributed by atoms with Crippen molar-refractivity contribution in [3.05, 3.63) is 24.3 Å². The topological polar surface area (TPSA) is 131 Å². The second-order valence-electron chi connectivity index (χ2n) is 14.6. The van der Waals surface area contributed by atoms with Crippen molar-refractivity contribution in [2.45, 2.75) is 219 Å². The summed E-state index contributed by atoms with van der Waals surface area (Å²) in [6, 6.07) is -0.871. The molecule has 0 aliphatic carbocycles. The first-order valence-electron chi connectivity index (χ1n) is 21.5. The number of carbonyl (C=O) groups is 1. The van der Waals surface area contributed by atoms with Crippen LogP contribution in [0.2, 0.25) is 0 Å². The zero-order valence-corrected chi connectivity index (χ0v) is 34.2. The Bertz CT molecular complexity index is 855. The normalized spacial score (nSPS) is 14.4. The van der Waals surface area contributed by atoms with Gasteiger partial charge in [-0.3, -0.25) is 13.8 Å². The van der Waals surface area contributed by atoms with E-state index in [0.29, 0.717) is 6.42 Å². The monoisotopic (exact) mass is 743 g/mol. The minimum Gasteiger partial charge on any atom is -0.387 e. The number of aliphatic hydroxyl groups is 1. The fourth-order valence-corrected chi connectivity index (χ4v) is 7.03. The Morgan fingerprint density at radius 2 is 1.04 bits per heavy atom. The summed E-state index contributed by atoms with van der Waals surface area (Å²) in [6.07, 6.45) is 43.9. The van der Waals surface area contributed by atoms with E-state index in [4.69, 9.17) is 14.8 Å². The molecule has 0 heterocycles. The number of aliphatic hydroxyl groups excluding tert-OH is 1. The molecule has 51 heavy (non-hydrogen) atoms. The van der Waals surface area contributed by atoms with Gasteiger partial charge in [-0.05, 0) is 32.1 Å². The molecular weight excluding hydrogens is 659 g/mol. The lowest BCUT2D eigenvalue weighted by atomic mass is 10.0. The molecule has 0 aromatic rings. The Hall–Kier alpha value is -1.02. The van der Waals surface area contributed by atoms with Crippen molar-refractivity contribution in [3.8, 4) is 0 Å². The maximum absolute atomic E-state index is 12.7. The molecule has 0 saturated heterocycles. The summed E-state index contributed by atoms with van der Waals surface area (Å²) in [4.78, 5) is 22.6. The van der Waals surface area contributed by atoms with E-state index in [2.05, 4.69) is 31.3 Å². The number of hydrogen-bond donors (Lipinski definition) is 4. The fourth-order valence-electron chi connectivity index (χ4n) is 6.27. The molecule has 0 aliphatic rings. The molecule has 0 radical (unpaired) electrons. The highest BCUT2D eigenvalue weighted by atomic mass is 31.2. The van der Waals surface area contributed by atoms with Crippen molar-refractivity contribution in [1.82, 2.24) is 5.32 Å². The minimum absolute atomic E-state index is 0.0756. The zero-order chi connectivity index (χ0) is 37.5. The van der Waals surface area contributed by atoms with Crippen molar-refractivity contribution < 1.29 is 28.4 Å². The highest BCUT2D eigenvalue weighted by Crippen LogP contribution is 2.43. The van der Waals surface area contributed by atoms with E-state index in [-0.39, 0.29) is 25.7 Å². The van der Waals surface area contributed by atoms with Crippen LogP contribution in [0.1, 0.15) is 206 Å². The highest BCUT2D eigenvalue weighted by Gasteiger charge is 2.26. The molecule has 3 unspecified atom stereocenters. The summed E-state index contributed by atoms with van der Waals surface area (Å²) in [5, 5.41) is 13.6.